The zero-order valence-electron chi connectivity index (χ0n) is 18.6. The van der Waals surface area contributed by atoms with Gasteiger partial charge in [0.05, 0.1) is 5.54 Å². The van der Waals surface area contributed by atoms with Crippen molar-refractivity contribution in [1.82, 2.24) is 4.90 Å². The Balaban J connectivity index is 1.30. The molecule has 0 spiro atoms. The molecule has 2 aromatic rings. The number of hydrogen-bond donors (Lipinski definition) is 2. The summed E-state index contributed by atoms with van der Waals surface area (Å²) in [4.78, 5) is 27.2. The van der Waals surface area contributed by atoms with Crippen LogP contribution in [0.1, 0.15) is 73.2 Å². The number of carbonyl (C=O) groups is 2. The molecule has 6 heteroatoms. The summed E-state index contributed by atoms with van der Waals surface area (Å²) < 4.78 is 0. The number of nitrogens with two attached hydrogens (primary N) is 1. The second-order valence-corrected chi connectivity index (χ2v) is 9.80. The SMILES string of the molecule is CN(C(=O)c1ccc(Cl)cc1)C1CCC(c2ccc(NC(=O)C3(N)CCCC3)cc2)CC1. The fourth-order valence-electron chi connectivity index (χ4n) is 5.09. The van der Waals surface area contributed by atoms with Crippen molar-refractivity contribution in [3.63, 3.8) is 0 Å². The molecule has 170 valence electrons. The lowest BCUT2D eigenvalue weighted by Gasteiger charge is -2.35. The van der Waals surface area contributed by atoms with Crippen LogP contribution in [0.25, 0.3) is 0 Å². The molecule has 2 aliphatic carbocycles. The average molecular weight is 454 g/mol. The smallest absolute Gasteiger partial charge is 0.253 e. The second-order valence-electron chi connectivity index (χ2n) is 9.37. The van der Waals surface area contributed by atoms with Crippen molar-refractivity contribution in [2.24, 2.45) is 5.73 Å². The molecule has 2 amide bonds. The molecule has 2 aliphatic rings. The first-order chi connectivity index (χ1) is 15.4. The Labute approximate surface area is 195 Å². The third-order valence-corrected chi connectivity index (χ3v) is 7.50. The van der Waals surface area contributed by atoms with Crippen LogP contribution < -0.4 is 11.1 Å². The van der Waals surface area contributed by atoms with E-state index in [1.54, 1.807) is 24.3 Å². The third kappa shape index (κ3) is 5.00. The zero-order chi connectivity index (χ0) is 22.7. The fourth-order valence-corrected chi connectivity index (χ4v) is 5.21. The van der Waals surface area contributed by atoms with E-state index in [1.807, 2.05) is 24.1 Å². The molecule has 0 aliphatic heterocycles. The average Bonchev–Trinajstić information content (AvgIpc) is 3.27. The van der Waals surface area contributed by atoms with Crippen LogP contribution in [0.15, 0.2) is 48.5 Å². The standard InChI is InChI=1S/C26H32ClN3O2/c1-30(24(31)20-4-10-21(27)11-5-20)23-14-8-19(9-15-23)18-6-12-22(13-7-18)29-25(32)26(28)16-2-3-17-26/h4-7,10-13,19,23H,2-3,8-9,14-17,28H2,1H3,(H,29,32). The summed E-state index contributed by atoms with van der Waals surface area (Å²) in [5.74, 6) is 0.451. The van der Waals surface area contributed by atoms with E-state index in [0.717, 1.165) is 57.1 Å². The molecule has 0 bridgehead atoms. The third-order valence-electron chi connectivity index (χ3n) is 7.24. The van der Waals surface area contributed by atoms with E-state index in [9.17, 15) is 9.59 Å². The van der Waals surface area contributed by atoms with Crippen molar-refractivity contribution in [2.45, 2.75) is 68.9 Å². The van der Waals surface area contributed by atoms with Gasteiger partial charge in [0.2, 0.25) is 5.91 Å². The molecule has 3 N–H and O–H groups in total. The Morgan fingerprint density at radius 2 is 1.56 bits per heavy atom. The Bertz CT molecular complexity index is 944. The Hall–Kier alpha value is -2.37. The van der Waals surface area contributed by atoms with Gasteiger partial charge in [-0.15, -0.1) is 0 Å². The maximum Gasteiger partial charge on any atom is 0.253 e. The topological polar surface area (TPSA) is 75.4 Å². The highest BCUT2D eigenvalue weighted by Crippen LogP contribution is 2.35. The minimum atomic E-state index is -0.716. The molecule has 0 radical (unpaired) electrons. The molecule has 0 unspecified atom stereocenters. The molecule has 5 nitrogen and oxygen atoms in total. The molecule has 4 rings (SSSR count). The number of amides is 2. The van der Waals surface area contributed by atoms with E-state index in [1.165, 1.54) is 5.56 Å². The van der Waals surface area contributed by atoms with Crippen molar-refractivity contribution in [3.05, 3.63) is 64.7 Å². The fraction of sp³-hybridized carbons (Fsp3) is 0.462. The van der Waals surface area contributed by atoms with Crippen LogP contribution in [-0.4, -0.2) is 35.3 Å². The molecule has 0 atom stereocenters. The van der Waals surface area contributed by atoms with Gasteiger partial charge in [-0.2, -0.15) is 0 Å². The maximum atomic E-state index is 12.8. The minimum Gasteiger partial charge on any atom is -0.339 e. The van der Waals surface area contributed by atoms with Crippen molar-refractivity contribution in [3.8, 4) is 0 Å². The number of benzene rings is 2. The van der Waals surface area contributed by atoms with Gasteiger partial charge in [-0.25, -0.2) is 0 Å². The molecule has 0 aromatic heterocycles. The quantitative estimate of drug-likeness (QED) is 0.640. The number of nitrogens with zero attached hydrogens (tertiary/aromatic N) is 1. The van der Waals surface area contributed by atoms with Gasteiger partial charge in [0.1, 0.15) is 0 Å². The van der Waals surface area contributed by atoms with Crippen molar-refractivity contribution in [1.29, 1.82) is 0 Å². The molecule has 0 heterocycles. The van der Waals surface area contributed by atoms with Crippen LogP contribution in [0.5, 0.6) is 0 Å². The Morgan fingerprint density at radius 3 is 2.16 bits per heavy atom. The summed E-state index contributed by atoms with van der Waals surface area (Å²) in [6, 6.07) is 15.5. The number of rotatable bonds is 5. The summed E-state index contributed by atoms with van der Waals surface area (Å²) in [6.07, 6.45) is 7.60. The van der Waals surface area contributed by atoms with Crippen LogP contribution >= 0.6 is 11.6 Å². The van der Waals surface area contributed by atoms with Crippen LogP contribution in [0.2, 0.25) is 5.02 Å². The van der Waals surface area contributed by atoms with Gasteiger partial charge in [0.15, 0.2) is 0 Å². The normalized spacial score (nSPS) is 22.3. The zero-order valence-corrected chi connectivity index (χ0v) is 19.4. The summed E-state index contributed by atoms with van der Waals surface area (Å²) >= 11 is 5.94. The van der Waals surface area contributed by atoms with E-state index in [0.29, 0.717) is 16.5 Å². The van der Waals surface area contributed by atoms with Gasteiger partial charge < -0.3 is 16.0 Å². The lowest BCUT2D eigenvalue weighted by atomic mass is 9.81. The van der Waals surface area contributed by atoms with Gasteiger partial charge in [-0.1, -0.05) is 36.6 Å². The number of nitrogens with one attached hydrogen (secondary N) is 1. The van der Waals surface area contributed by atoms with E-state index < -0.39 is 5.54 Å². The van der Waals surface area contributed by atoms with E-state index in [2.05, 4.69) is 17.4 Å². The number of anilines is 1. The first-order valence-corrected chi connectivity index (χ1v) is 12.0. The Morgan fingerprint density at radius 1 is 0.969 bits per heavy atom. The number of halogens is 1. The van der Waals surface area contributed by atoms with Crippen molar-refractivity contribution >= 4 is 29.1 Å². The maximum absolute atomic E-state index is 12.8. The van der Waals surface area contributed by atoms with Gasteiger partial charge in [0, 0.05) is 29.4 Å². The molecule has 2 aromatic carbocycles. The van der Waals surface area contributed by atoms with Crippen molar-refractivity contribution in [2.75, 3.05) is 12.4 Å². The van der Waals surface area contributed by atoms with E-state index in [4.69, 9.17) is 17.3 Å². The predicted octanol–water partition coefficient (Wildman–Crippen LogP) is 5.35. The molecule has 2 fully saturated rings. The summed E-state index contributed by atoms with van der Waals surface area (Å²) in [5.41, 5.74) is 8.30. The highest BCUT2D eigenvalue weighted by Gasteiger charge is 2.37. The lowest BCUT2D eigenvalue weighted by Crippen LogP contribution is -2.48. The van der Waals surface area contributed by atoms with Gasteiger partial charge in [0.25, 0.3) is 5.91 Å². The molecule has 2 saturated carbocycles. The second kappa shape index (κ2) is 9.63. The summed E-state index contributed by atoms with van der Waals surface area (Å²) in [6.45, 7) is 0. The van der Waals surface area contributed by atoms with Crippen molar-refractivity contribution < 1.29 is 9.59 Å². The van der Waals surface area contributed by atoms with E-state index in [-0.39, 0.29) is 17.9 Å². The molecule has 32 heavy (non-hydrogen) atoms. The highest BCUT2D eigenvalue weighted by atomic mass is 35.5. The van der Waals surface area contributed by atoms with Gasteiger partial charge in [-0.05, 0) is 86.4 Å². The number of carbonyl (C=O) groups excluding carboxylic acids is 2. The summed E-state index contributed by atoms with van der Waals surface area (Å²) in [5, 5.41) is 3.63. The van der Waals surface area contributed by atoms with Crippen LogP contribution in [-0.2, 0) is 4.79 Å². The predicted molar refractivity (Wildman–Crippen MR) is 129 cm³/mol. The van der Waals surface area contributed by atoms with E-state index >= 15 is 0 Å². The molecular weight excluding hydrogens is 422 g/mol. The summed E-state index contributed by atoms with van der Waals surface area (Å²) in [7, 11) is 1.90. The molecular formula is C26H32ClN3O2. The Kier molecular flexibility index (Phi) is 6.87. The van der Waals surface area contributed by atoms with Crippen LogP contribution in [0.3, 0.4) is 0 Å². The lowest BCUT2D eigenvalue weighted by molar-refractivity contribution is -0.121. The van der Waals surface area contributed by atoms with Crippen LogP contribution in [0.4, 0.5) is 5.69 Å². The highest BCUT2D eigenvalue weighted by molar-refractivity contribution is 6.30. The monoisotopic (exact) mass is 453 g/mol. The minimum absolute atomic E-state index is 0.0464. The van der Waals surface area contributed by atoms with Crippen LogP contribution in [0, 0.1) is 0 Å². The van der Waals surface area contributed by atoms with Gasteiger partial charge >= 0.3 is 0 Å². The first-order valence-electron chi connectivity index (χ1n) is 11.6. The molecule has 0 saturated heterocycles. The first kappa shape index (κ1) is 22.8. The van der Waals surface area contributed by atoms with Gasteiger partial charge in [-0.3, -0.25) is 9.59 Å². The number of hydrogen-bond acceptors (Lipinski definition) is 3. The largest absolute Gasteiger partial charge is 0.339 e.